The van der Waals surface area contributed by atoms with E-state index in [1.165, 1.54) is 0 Å². The van der Waals surface area contributed by atoms with Crippen molar-refractivity contribution in [2.45, 2.75) is 43.1 Å². The predicted octanol–water partition coefficient (Wildman–Crippen LogP) is 4.02. The molecule has 1 N–H and O–H groups in total. The second-order valence-electron chi connectivity index (χ2n) is 6.99. The number of rotatable bonds is 5. The van der Waals surface area contributed by atoms with E-state index in [1.54, 1.807) is 12.4 Å². The Hall–Kier alpha value is -2.54. The minimum atomic E-state index is -3.12. The molecule has 1 aliphatic rings. The number of hydrogen-bond acceptors (Lipinski definition) is 6. The molecule has 3 aromatic rings. The molecule has 0 unspecified atom stereocenters. The Labute approximate surface area is 159 Å². The summed E-state index contributed by atoms with van der Waals surface area (Å²) in [5.74, 6) is 0.736. The van der Waals surface area contributed by atoms with Gasteiger partial charge in [0.2, 0.25) is 0 Å². The highest BCUT2D eigenvalue weighted by Crippen LogP contribution is 2.27. The van der Waals surface area contributed by atoms with Gasteiger partial charge in [0.05, 0.1) is 11.0 Å². The van der Waals surface area contributed by atoms with Crippen LogP contribution in [0.4, 0.5) is 11.5 Å². The first-order valence-corrected chi connectivity index (χ1v) is 11.0. The normalized spacial score (nSPS) is 15.7. The molecule has 0 spiro atoms. The van der Waals surface area contributed by atoms with Gasteiger partial charge in [0.25, 0.3) is 0 Å². The molecule has 2 aromatic heterocycles. The summed E-state index contributed by atoms with van der Waals surface area (Å²) < 4.78 is 25.4. The molecule has 1 saturated carbocycles. The number of nitrogens with one attached hydrogen (secondary N) is 1. The number of nitrogens with zero attached hydrogens (tertiary/aromatic N) is 3. The van der Waals surface area contributed by atoms with E-state index in [-0.39, 0.29) is 11.0 Å². The minimum absolute atomic E-state index is 0.0871. The highest BCUT2D eigenvalue weighted by Gasteiger charge is 2.27. The van der Waals surface area contributed by atoms with Gasteiger partial charge in [-0.2, -0.15) is 0 Å². The van der Waals surface area contributed by atoms with Crippen molar-refractivity contribution in [3.8, 4) is 0 Å². The zero-order valence-corrected chi connectivity index (χ0v) is 15.8. The van der Waals surface area contributed by atoms with Gasteiger partial charge in [0.15, 0.2) is 15.5 Å². The smallest absolute Gasteiger partial charge is 0.180 e. The third kappa shape index (κ3) is 4.24. The molecular formula is C20H22N4O2S. The molecule has 140 valence electrons. The Bertz CT molecular complexity index is 1050. The summed E-state index contributed by atoms with van der Waals surface area (Å²) >= 11 is 0. The topological polar surface area (TPSA) is 84.8 Å². The molecule has 0 bridgehead atoms. The summed E-state index contributed by atoms with van der Waals surface area (Å²) in [6.07, 6.45) is 8.01. The maximum atomic E-state index is 12.7. The van der Waals surface area contributed by atoms with Crippen LogP contribution in [0.15, 0.2) is 48.8 Å². The monoisotopic (exact) mass is 382 g/mol. The van der Waals surface area contributed by atoms with Crippen LogP contribution in [0, 0.1) is 0 Å². The summed E-state index contributed by atoms with van der Waals surface area (Å²) in [6.45, 7) is 0. The number of aromatic nitrogens is 3. The summed E-state index contributed by atoms with van der Waals surface area (Å²) in [5.41, 5.74) is 2.90. The second-order valence-corrected chi connectivity index (χ2v) is 9.27. The van der Waals surface area contributed by atoms with Gasteiger partial charge in [0.1, 0.15) is 11.3 Å². The molecule has 0 aliphatic heterocycles. The number of benzene rings is 1. The van der Waals surface area contributed by atoms with Crippen molar-refractivity contribution < 1.29 is 8.42 Å². The standard InChI is InChI=1S/C20H22N4O2S/c25-27(26,17-7-2-1-3-8-17)14-15-5-4-6-16(13-15)23-19-10-9-18-20(24-19)22-12-11-21-18/h4-6,9-13,17H,1-3,7-8,14H2,(H,22,23,24). The van der Waals surface area contributed by atoms with E-state index in [2.05, 4.69) is 20.3 Å². The van der Waals surface area contributed by atoms with Crippen molar-refractivity contribution in [2.75, 3.05) is 5.32 Å². The largest absolute Gasteiger partial charge is 0.340 e. The van der Waals surface area contributed by atoms with E-state index in [9.17, 15) is 8.42 Å². The van der Waals surface area contributed by atoms with Crippen LogP contribution in [0.25, 0.3) is 11.2 Å². The van der Waals surface area contributed by atoms with E-state index < -0.39 is 9.84 Å². The first kappa shape index (κ1) is 17.9. The minimum Gasteiger partial charge on any atom is -0.340 e. The Balaban J connectivity index is 1.51. The van der Waals surface area contributed by atoms with Gasteiger partial charge in [-0.1, -0.05) is 31.4 Å². The van der Waals surface area contributed by atoms with Crippen LogP contribution in [-0.2, 0) is 15.6 Å². The lowest BCUT2D eigenvalue weighted by Crippen LogP contribution is -2.25. The van der Waals surface area contributed by atoms with Crippen molar-refractivity contribution >= 4 is 32.5 Å². The molecule has 2 heterocycles. The van der Waals surface area contributed by atoms with Gasteiger partial charge >= 0.3 is 0 Å². The zero-order valence-electron chi connectivity index (χ0n) is 15.0. The van der Waals surface area contributed by atoms with E-state index >= 15 is 0 Å². The SMILES string of the molecule is O=S(=O)(Cc1cccc(Nc2ccc3nccnc3n2)c1)C1CCCCC1. The highest BCUT2D eigenvalue weighted by molar-refractivity contribution is 7.91. The molecule has 4 rings (SSSR count). The van der Waals surface area contributed by atoms with E-state index in [4.69, 9.17) is 0 Å². The Morgan fingerprint density at radius 1 is 1.00 bits per heavy atom. The molecule has 6 nitrogen and oxygen atoms in total. The second kappa shape index (κ2) is 7.60. The Morgan fingerprint density at radius 3 is 2.67 bits per heavy atom. The number of pyridine rings is 1. The van der Waals surface area contributed by atoms with Gasteiger partial charge in [0, 0.05) is 18.1 Å². The summed E-state index contributed by atoms with van der Waals surface area (Å²) in [7, 11) is -3.12. The van der Waals surface area contributed by atoms with Gasteiger partial charge < -0.3 is 5.32 Å². The van der Waals surface area contributed by atoms with Crippen LogP contribution < -0.4 is 5.32 Å². The van der Waals surface area contributed by atoms with Crippen molar-refractivity contribution in [3.05, 3.63) is 54.4 Å². The molecule has 7 heteroatoms. The lowest BCUT2D eigenvalue weighted by atomic mass is 10.0. The molecule has 0 atom stereocenters. The first-order chi connectivity index (χ1) is 13.1. The maximum Gasteiger partial charge on any atom is 0.180 e. The summed E-state index contributed by atoms with van der Waals surface area (Å²) in [5, 5.41) is 3.04. The highest BCUT2D eigenvalue weighted by atomic mass is 32.2. The van der Waals surface area contributed by atoms with Crippen LogP contribution in [0.2, 0.25) is 0 Å². The molecular weight excluding hydrogens is 360 g/mol. The van der Waals surface area contributed by atoms with Crippen molar-refractivity contribution in [1.29, 1.82) is 0 Å². The molecule has 0 radical (unpaired) electrons. The predicted molar refractivity (Wildman–Crippen MR) is 107 cm³/mol. The van der Waals surface area contributed by atoms with Gasteiger partial charge in [-0.25, -0.2) is 18.4 Å². The lowest BCUT2D eigenvalue weighted by Gasteiger charge is -2.21. The summed E-state index contributed by atoms with van der Waals surface area (Å²) in [6, 6.07) is 11.2. The van der Waals surface area contributed by atoms with Gasteiger partial charge in [-0.15, -0.1) is 0 Å². The number of hydrogen-bond donors (Lipinski definition) is 1. The molecule has 1 aromatic carbocycles. The molecule has 1 fully saturated rings. The van der Waals surface area contributed by atoms with E-state index in [0.29, 0.717) is 11.5 Å². The summed E-state index contributed by atoms with van der Waals surface area (Å²) in [4.78, 5) is 12.9. The quantitative estimate of drug-likeness (QED) is 0.717. The van der Waals surface area contributed by atoms with Crippen LogP contribution in [-0.4, -0.2) is 28.6 Å². The third-order valence-electron chi connectivity index (χ3n) is 4.96. The fourth-order valence-corrected chi connectivity index (χ4v) is 5.52. The number of fused-ring (bicyclic) bond motifs is 1. The van der Waals surface area contributed by atoms with E-state index in [0.717, 1.165) is 48.9 Å². The third-order valence-corrected chi connectivity index (χ3v) is 7.18. The van der Waals surface area contributed by atoms with Crippen LogP contribution in [0.5, 0.6) is 0 Å². The van der Waals surface area contributed by atoms with Crippen molar-refractivity contribution in [2.24, 2.45) is 0 Å². The van der Waals surface area contributed by atoms with Crippen LogP contribution >= 0.6 is 0 Å². The Kier molecular flexibility index (Phi) is 5.03. The molecule has 1 aliphatic carbocycles. The zero-order chi connectivity index (χ0) is 18.7. The molecule has 27 heavy (non-hydrogen) atoms. The molecule has 0 amide bonds. The maximum absolute atomic E-state index is 12.7. The Morgan fingerprint density at radius 2 is 1.81 bits per heavy atom. The first-order valence-electron chi connectivity index (χ1n) is 9.25. The lowest BCUT2D eigenvalue weighted by molar-refractivity contribution is 0.483. The fraction of sp³-hybridized carbons (Fsp3) is 0.350. The van der Waals surface area contributed by atoms with Crippen LogP contribution in [0.1, 0.15) is 37.7 Å². The number of anilines is 2. The fourth-order valence-electron chi connectivity index (χ4n) is 3.59. The molecule has 0 saturated heterocycles. The van der Waals surface area contributed by atoms with E-state index in [1.807, 2.05) is 36.4 Å². The average molecular weight is 382 g/mol. The van der Waals surface area contributed by atoms with Crippen LogP contribution in [0.3, 0.4) is 0 Å². The van der Waals surface area contributed by atoms with Crippen molar-refractivity contribution in [1.82, 2.24) is 15.0 Å². The number of sulfone groups is 1. The van der Waals surface area contributed by atoms with Crippen molar-refractivity contribution in [3.63, 3.8) is 0 Å². The van der Waals surface area contributed by atoms with Gasteiger partial charge in [-0.05, 0) is 42.7 Å². The average Bonchev–Trinajstić information content (AvgIpc) is 2.68. The van der Waals surface area contributed by atoms with Gasteiger partial charge in [-0.3, -0.25) is 4.98 Å².